The molecule has 0 aromatic heterocycles. The van der Waals surface area contributed by atoms with Gasteiger partial charge >= 0.3 is 5.97 Å². The number of hydrogen-bond donors (Lipinski definition) is 1. The lowest BCUT2D eigenvalue weighted by molar-refractivity contribution is -0.124. The number of rotatable bonds is 4. The van der Waals surface area contributed by atoms with Crippen LogP contribution in [0.15, 0.2) is 42.5 Å². The van der Waals surface area contributed by atoms with Crippen molar-refractivity contribution in [2.45, 2.75) is 18.9 Å². The molecule has 1 N–H and O–H groups in total. The fourth-order valence-electron chi connectivity index (χ4n) is 2.11. The fraction of sp³-hybridized carbons (Fsp3) is 0.250. The van der Waals surface area contributed by atoms with Gasteiger partial charge in [-0.3, -0.25) is 4.79 Å². The van der Waals surface area contributed by atoms with Crippen molar-refractivity contribution in [1.82, 2.24) is 5.32 Å². The number of benzene rings is 2. The van der Waals surface area contributed by atoms with Crippen LogP contribution in [0.5, 0.6) is 0 Å². The summed E-state index contributed by atoms with van der Waals surface area (Å²) in [4.78, 5) is 23.6. The molecule has 0 atom stereocenters. The smallest absolute Gasteiger partial charge is 0.339 e. The van der Waals surface area contributed by atoms with E-state index in [1.54, 1.807) is 6.07 Å². The zero-order valence-electron chi connectivity index (χ0n) is 11.0. The molecule has 4 nitrogen and oxygen atoms in total. The van der Waals surface area contributed by atoms with E-state index in [9.17, 15) is 9.59 Å². The first-order valence-electron chi connectivity index (χ1n) is 6.68. The lowest BCUT2D eigenvalue weighted by Gasteiger charge is -2.07. The van der Waals surface area contributed by atoms with Crippen molar-refractivity contribution < 1.29 is 14.3 Å². The average molecular weight is 269 g/mol. The molecule has 20 heavy (non-hydrogen) atoms. The van der Waals surface area contributed by atoms with Crippen molar-refractivity contribution in [1.29, 1.82) is 0 Å². The van der Waals surface area contributed by atoms with Crippen LogP contribution < -0.4 is 5.32 Å². The Morgan fingerprint density at radius 2 is 1.85 bits per heavy atom. The molecule has 0 aliphatic heterocycles. The van der Waals surface area contributed by atoms with E-state index < -0.39 is 5.97 Å². The van der Waals surface area contributed by atoms with Crippen LogP contribution >= 0.6 is 0 Å². The Balaban J connectivity index is 1.70. The van der Waals surface area contributed by atoms with Gasteiger partial charge in [0.25, 0.3) is 5.91 Å². The maximum Gasteiger partial charge on any atom is 0.339 e. The van der Waals surface area contributed by atoms with Gasteiger partial charge in [0.05, 0.1) is 5.56 Å². The molecule has 102 valence electrons. The van der Waals surface area contributed by atoms with Gasteiger partial charge in [-0.15, -0.1) is 0 Å². The lowest BCUT2D eigenvalue weighted by atomic mass is 10.1. The summed E-state index contributed by atoms with van der Waals surface area (Å²) in [5, 5.41) is 4.59. The molecular weight excluding hydrogens is 254 g/mol. The Morgan fingerprint density at radius 1 is 1.10 bits per heavy atom. The Kier molecular flexibility index (Phi) is 3.37. The first-order valence-corrected chi connectivity index (χ1v) is 6.68. The number of nitrogens with one attached hydrogen (secondary N) is 1. The first-order chi connectivity index (χ1) is 9.74. The Labute approximate surface area is 116 Å². The third-order valence-electron chi connectivity index (χ3n) is 3.29. The van der Waals surface area contributed by atoms with Crippen LogP contribution in [-0.4, -0.2) is 24.5 Å². The molecule has 2 aromatic rings. The number of hydrogen-bond acceptors (Lipinski definition) is 3. The summed E-state index contributed by atoms with van der Waals surface area (Å²) >= 11 is 0. The summed E-state index contributed by atoms with van der Waals surface area (Å²) in [5.41, 5.74) is 0.488. The fourth-order valence-corrected chi connectivity index (χ4v) is 2.11. The van der Waals surface area contributed by atoms with Gasteiger partial charge in [0.1, 0.15) is 0 Å². The van der Waals surface area contributed by atoms with Crippen LogP contribution in [0.4, 0.5) is 0 Å². The molecule has 1 aliphatic rings. The largest absolute Gasteiger partial charge is 0.452 e. The van der Waals surface area contributed by atoms with Crippen LogP contribution in [-0.2, 0) is 9.53 Å². The van der Waals surface area contributed by atoms with Crippen molar-refractivity contribution in [3.63, 3.8) is 0 Å². The van der Waals surface area contributed by atoms with E-state index in [-0.39, 0.29) is 18.6 Å². The van der Waals surface area contributed by atoms with Crippen molar-refractivity contribution in [3.05, 3.63) is 48.0 Å². The molecule has 1 amide bonds. The van der Waals surface area contributed by atoms with Gasteiger partial charge in [0.15, 0.2) is 6.61 Å². The lowest BCUT2D eigenvalue weighted by Crippen LogP contribution is -2.30. The molecule has 0 radical (unpaired) electrons. The van der Waals surface area contributed by atoms with Gasteiger partial charge < -0.3 is 10.1 Å². The Hall–Kier alpha value is -2.36. The molecule has 0 saturated heterocycles. The van der Waals surface area contributed by atoms with Gasteiger partial charge in [0.2, 0.25) is 0 Å². The molecule has 0 heterocycles. The zero-order chi connectivity index (χ0) is 13.9. The number of fused-ring (bicyclic) bond motifs is 1. The second kappa shape index (κ2) is 5.33. The Morgan fingerprint density at radius 3 is 2.65 bits per heavy atom. The monoisotopic (exact) mass is 269 g/mol. The zero-order valence-corrected chi connectivity index (χ0v) is 11.0. The van der Waals surface area contributed by atoms with Gasteiger partial charge in [-0.2, -0.15) is 0 Å². The van der Waals surface area contributed by atoms with E-state index >= 15 is 0 Å². The third-order valence-corrected chi connectivity index (χ3v) is 3.29. The summed E-state index contributed by atoms with van der Waals surface area (Å²) in [5.74, 6) is -0.700. The van der Waals surface area contributed by atoms with E-state index in [0.29, 0.717) is 5.56 Å². The minimum atomic E-state index is -0.465. The van der Waals surface area contributed by atoms with Crippen molar-refractivity contribution in [2.75, 3.05) is 6.61 Å². The summed E-state index contributed by atoms with van der Waals surface area (Å²) in [6, 6.07) is 13.3. The molecule has 0 spiro atoms. The van der Waals surface area contributed by atoms with Crippen molar-refractivity contribution in [3.8, 4) is 0 Å². The van der Waals surface area contributed by atoms with Crippen LogP contribution in [0.3, 0.4) is 0 Å². The van der Waals surface area contributed by atoms with Gasteiger partial charge in [-0.05, 0) is 29.7 Å². The van der Waals surface area contributed by atoms with Gasteiger partial charge in [-0.25, -0.2) is 4.79 Å². The molecule has 2 aromatic carbocycles. The molecular formula is C16H15NO3. The summed E-state index contributed by atoms with van der Waals surface area (Å²) < 4.78 is 5.08. The van der Waals surface area contributed by atoms with Crippen LogP contribution in [0, 0.1) is 0 Å². The minimum Gasteiger partial charge on any atom is -0.452 e. The van der Waals surface area contributed by atoms with E-state index in [1.165, 1.54) is 0 Å². The quantitative estimate of drug-likeness (QED) is 0.866. The standard InChI is InChI=1S/C16H15NO3/c18-15(17-12-8-9-12)10-20-16(19)14-7-3-5-11-4-1-2-6-13(11)14/h1-7,12H,8-10H2,(H,17,18). The SMILES string of the molecule is O=C(COC(=O)c1cccc2ccccc12)NC1CC1. The predicted octanol–water partition coefficient (Wildman–Crippen LogP) is 2.28. The topological polar surface area (TPSA) is 55.4 Å². The van der Waals surface area contributed by atoms with Crippen LogP contribution in [0.2, 0.25) is 0 Å². The molecule has 1 fully saturated rings. The van der Waals surface area contributed by atoms with Gasteiger partial charge in [0, 0.05) is 6.04 Å². The number of ether oxygens (including phenoxy) is 1. The number of carbonyl (C=O) groups is 2. The van der Waals surface area contributed by atoms with Crippen molar-refractivity contribution in [2.24, 2.45) is 0 Å². The highest BCUT2D eigenvalue weighted by Crippen LogP contribution is 2.20. The van der Waals surface area contributed by atoms with E-state index in [0.717, 1.165) is 23.6 Å². The second-order valence-electron chi connectivity index (χ2n) is 4.94. The van der Waals surface area contributed by atoms with E-state index in [1.807, 2.05) is 36.4 Å². The molecule has 0 bridgehead atoms. The average Bonchev–Trinajstić information content (AvgIpc) is 3.28. The highest BCUT2D eigenvalue weighted by atomic mass is 16.5. The summed E-state index contributed by atoms with van der Waals surface area (Å²) in [7, 11) is 0. The third kappa shape index (κ3) is 2.79. The van der Waals surface area contributed by atoms with E-state index in [4.69, 9.17) is 4.74 Å². The van der Waals surface area contributed by atoms with Crippen LogP contribution in [0.1, 0.15) is 23.2 Å². The highest BCUT2D eigenvalue weighted by molar-refractivity contribution is 6.04. The van der Waals surface area contributed by atoms with Gasteiger partial charge in [-0.1, -0.05) is 36.4 Å². The molecule has 4 heteroatoms. The molecule has 0 unspecified atom stereocenters. The van der Waals surface area contributed by atoms with Crippen molar-refractivity contribution >= 4 is 22.6 Å². The normalized spacial score (nSPS) is 14.0. The minimum absolute atomic E-state index is 0.224. The predicted molar refractivity (Wildman–Crippen MR) is 75.4 cm³/mol. The Bertz CT molecular complexity index is 656. The van der Waals surface area contributed by atoms with E-state index in [2.05, 4.69) is 5.32 Å². The maximum atomic E-state index is 12.1. The first kappa shape index (κ1) is 12.7. The molecule has 1 aliphatic carbocycles. The maximum absolute atomic E-state index is 12.1. The number of carbonyl (C=O) groups excluding carboxylic acids is 2. The summed E-state index contributed by atoms with van der Waals surface area (Å²) in [6.45, 7) is -0.224. The number of amides is 1. The molecule has 3 rings (SSSR count). The molecule has 1 saturated carbocycles. The van der Waals surface area contributed by atoms with Crippen LogP contribution in [0.25, 0.3) is 10.8 Å². The highest BCUT2D eigenvalue weighted by Gasteiger charge is 2.23. The summed E-state index contributed by atoms with van der Waals surface area (Å²) in [6.07, 6.45) is 2.03. The second-order valence-corrected chi connectivity index (χ2v) is 4.94. The number of esters is 1.